The Morgan fingerprint density at radius 1 is 1.14 bits per heavy atom. The molecule has 0 spiro atoms. The van der Waals surface area contributed by atoms with Gasteiger partial charge in [0, 0.05) is 6.08 Å². The van der Waals surface area contributed by atoms with Gasteiger partial charge in [0.2, 0.25) is 0 Å². The molecule has 1 aromatic rings. The zero-order chi connectivity index (χ0) is 16.7. The first kappa shape index (κ1) is 17.9. The van der Waals surface area contributed by atoms with Crippen molar-refractivity contribution in [2.24, 2.45) is 0 Å². The molecule has 0 amide bonds. The number of hydrogen-bond acceptors (Lipinski definition) is 8. The molecule has 0 bridgehead atoms. The van der Waals surface area contributed by atoms with Crippen LogP contribution in [0.4, 0.5) is 0 Å². The Balaban J connectivity index is 2.49. The molecule has 6 N–H and O–H groups in total. The Hall–Kier alpha value is -2.13. The molecule has 8 nitrogen and oxygen atoms in total. The van der Waals surface area contributed by atoms with Gasteiger partial charge in [-0.1, -0.05) is 6.07 Å². The second-order valence-corrected chi connectivity index (χ2v) is 4.52. The standard InChI is InChI=1S/C14H18O8/c15-6-11(18)14(21)12(19)7-22-13(20)4-2-8-1-3-9(16)10(17)5-8/h1-5,11-12,14-19,21H,6-7H2/t11-,12-,14+/m1/s1. The Morgan fingerprint density at radius 2 is 1.82 bits per heavy atom. The zero-order valence-electron chi connectivity index (χ0n) is 11.5. The van der Waals surface area contributed by atoms with E-state index in [9.17, 15) is 20.1 Å². The van der Waals surface area contributed by atoms with Gasteiger partial charge in [-0.25, -0.2) is 4.79 Å². The van der Waals surface area contributed by atoms with Crippen molar-refractivity contribution in [3.8, 4) is 11.5 Å². The summed E-state index contributed by atoms with van der Waals surface area (Å²) < 4.78 is 4.65. The zero-order valence-corrected chi connectivity index (χ0v) is 11.5. The average Bonchev–Trinajstić information content (AvgIpc) is 2.52. The SMILES string of the molecule is O=C(C=Cc1ccc(O)c(O)c1)OC[C@@H](O)[C@@H](O)[C@H](O)CO. The Labute approximate surface area is 126 Å². The van der Waals surface area contributed by atoms with Crippen molar-refractivity contribution < 1.29 is 40.2 Å². The van der Waals surface area contributed by atoms with E-state index in [0.717, 1.165) is 6.08 Å². The van der Waals surface area contributed by atoms with Crippen molar-refractivity contribution in [1.82, 2.24) is 0 Å². The van der Waals surface area contributed by atoms with E-state index in [4.69, 9.17) is 15.3 Å². The number of aliphatic hydroxyl groups is 4. The number of aromatic hydroxyl groups is 2. The van der Waals surface area contributed by atoms with Crippen molar-refractivity contribution in [2.75, 3.05) is 13.2 Å². The predicted octanol–water partition coefficient (Wildman–Crippen LogP) is -1.27. The first-order chi connectivity index (χ1) is 10.3. The van der Waals surface area contributed by atoms with E-state index in [1.54, 1.807) is 0 Å². The maximum atomic E-state index is 11.4. The van der Waals surface area contributed by atoms with Gasteiger partial charge in [0.15, 0.2) is 11.5 Å². The number of carbonyl (C=O) groups excluding carboxylic acids is 1. The first-order valence-electron chi connectivity index (χ1n) is 6.37. The largest absolute Gasteiger partial charge is 0.504 e. The van der Waals surface area contributed by atoms with Crippen molar-refractivity contribution in [3.05, 3.63) is 29.8 Å². The van der Waals surface area contributed by atoms with E-state index >= 15 is 0 Å². The van der Waals surface area contributed by atoms with Crippen LogP contribution < -0.4 is 0 Å². The lowest BCUT2D eigenvalue weighted by Crippen LogP contribution is -2.42. The molecule has 0 aliphatic carbocycles. The highest BCUT2D eigenvalue weighted by atomic mass is 16.5. The number of rotatable bonds is 7. The van der Waals surface area contributed by atoms with Gasteiger partial charge in [0.05, 0.1) is 6.61 Å². The third kappa shape index (κ3) is 5.34. The van der Waals surface area contributed by atoms with Crippen molar-refractivity contribution in [2.45, 2.75) is 18.3 Å². The van der Waals surface area contributed by atoms with Crippen LogP contribution in [0.15, 0.2) is 24.3 Å². The predicted molar refractivity (Wildman–Crippen MR) is 74.9 cm³/mol. The minimum absolute atomic E-state index is 0.292. The molecule has 1 rings (SSSR count). The maximum absolute atomic E-state index is 11.4. The second kappa shape index (κ2) is 8.35. The molecule has 0 radical (unpaired) electrons. The van der Waals surface area contributed by atoms with Gasteiger partial charge >= 0.3 is 5.97 Å². The molecule has 0 heterocycles. The summed E-state index contributed by atoms with van der Waals surface area (Å²) in [5.74, 6) is -1.45. The van der Waals surface area contributed by atoms with Gasteiger partial charge in [0.1, 0.15) is 24.9 Å². The molecule has 0 aliphatic heterocycles. The topological polar surface area (TPSA) is 148 Å². The third-order valence-corrected chi connectivity index (χ3v) is 2.78. The highest BCUT2D eigenvalue weighted by Gasteiger charge is 2.24. The molecule has 122 valence electrons. The highest BCUT2D eigenvalue weighted by Crippen LogP contribution is 2.25. The van der Waals surface area contributed by atoms with E-state index < -0.39 is 37.5 Å². The molecule has 0 unspecified atom stereocenters. The summed E-state index contributed by atoms with van der Waals surface area (Å²) in [4.78, 5) is 11.4. The molecule has 0 aromatic heterocycles. The minimum Gasteiger partial charge on any atom is -0.504 e. The van der Waals surface area contributed by atoms with Crippen molar-refractivity contribution in [3.63, 3.8) is 0 Å². The number of carbonyl (C=O) groups is 1. The summed E-state index contributed by atoms with van der Waals surface area (Å²) in [6, 6.07) is 3.93. The number of phenols is 2. The Bertz CT molecular complexity index is 528. The minimum atomic E-state index is -1.64. The molecular formula is C14H18O8. The van der Waals surface area contributed by atoms with Crippen LogP contribution in [0.2, 0.25) is 0 Å². The normalized spacial score (nSPS) is 15.5. The Kier molecular flexibility index (Phi) is 6.80. The second-order valence-electron chi connectivity index (χ2n) is 4.52. The number of phenolic OH excluding ortho intramolecular Hbond substituents is 2. The van der Waals surface area contributed by atoms with Crippen LogP contribution >= 0.6 is 0 Å². The van der Waals surface area contributed by atoms with Gasteiger partial charge in [-0.3, -0.25) is 0 Å². The van der Waals surface area contributed by atoms with Gasteiger partial charge in [-0.2, -0.15) is 0 Å². The molecule has 1 aromatic carbocycles. The van der Waals surface area contributed by atoms with Crippen LogP contribution in [0.1, 0.15) is 5.56 Å². The van der Waals surface area contributed by atoms with E-state index in [1.165, 1.54) is 24.3 Å². The smallest absolute Gasteiger partial charge is 0.330 e. The number of hydrogen-bond donors (Lipinski definition) is 6. The van der Waals surface area contributed by atoms with Gasteiger partial charge in [-0.05, 0) is 23.8 Å². The van der Waals surface area contributed by atoms with Crippen LogP contribution in [0.3, 0.4) is 0 Å². The van der Waals surface area contributed by atoms with Crippen LogP contribution in [0, 0.1) is 0 Å². The van der Waals surface area contributed by atoms with Crippen LogP contribution in [-0.4, -0.2) is 68.1 Å². The lowest BCUT2D eigenvalue weighted by atomic mass is 10.1. The number of esters is 1. The fraction of sp³-hybridized carbons (Fsp3) is 0.357. The molecular weight excluding hydrogens is 296 g/mol. The third-order valence-electron chi connectivity index (χ3n) is 2.78. The van der Waals surface area contributed by atoms with Crippen LogP contribution in [-0.2, 0) is 9.53 Å². The van der Waals surface area contributed by atoms with Gasteiger partial charge in [0.25, 0.3) is 0 Å². The fourth-order valence-corrected chi connectivity index (χ4v) is 1.49. The highest BCUT2D eigenvalue weighted by molar-refractivity contribution is 5.87. The number of aliphatic hydroxyl groups excluding tert-OH is 4. The van der Waals surface area contributed by atoms with Crippen molar-refractivity contribution in [1.29, 1.82) is 0 Å². The van der Waals surface area contributed by atoms with Crippen LogP contribution in [0.25, 0.3) is 6.08 Å². The molecule has 0 saturated carbocycles. The quantitative estimate of drug-likeness (QED) is 0.207. The van der Waals surface area contributed by atoms with Gasteiger partial charge < -0.3 is 35.4 Å². The molecule has 22 heavy (non-hydrogen) atoms. The lowest BCUT2D eigenvalue weighted by Gasteiger charge is -2.20. The van der Waals surface area contributed by atoms with E-state index in [2.05, 4.69) is 4.74 Å². The van der Waals surface area contributed by atoms with Crippen molar-refractivity contribution >= 4 is 12.0 Å². The summed E-state index contributed by atoms with van der Waals surface area (Å²) in [5.41, 5.74) is 0.434. The molecule has 8 heteroatoms. The lowest BCUT2D eigenvalue weighted by molar-refractivity contribution is -0.146. The van der Waals surface area contributed by atoms with E-state index in [0.29, 0.717) is 5.56 Å². The van der Waals surface area contributed by atoms with Gasteiger partial charge in [-0.15, -0.1) is 0 Å². The van der Waals surface area contributed by atoms with E-state index in [1.807, 2.05) is 0 Å². The summed E-state index contributed by atoms with van der Waals surface area (Å²) in [6.45, 7) is -1.31. The fourth-order valence-electron chi connectivity index (χ4n) is 1.49. The summed E-state index contributed by atoms with van der Waals surface area (Å²) in [6.07, 6.45) is -2.39. The Morgan fingerprint density at radius 3 is 2.41 bits per heavy atom. The molecule has 0 saturated heterocycles. The maximum Gasteiger partial charge on any atom is 0.330 e. The molecule has 0 aliphatic rings. The molecule has 3 atom stereocenters. The van der Waals surface area contributed by atoms with Crippen LogP contribution in [0.5, 0.6) is 11.5 Å². The number of ether oxygens (including phenoxy) is 1. The number of benzene rings is 1. The monoisotopic (exact) mass is 314 g/mol. The first-order valence-corrected chi connectivity index (χ1v) is 6.37. The molecule has 0 fully saturated rings. The summed E-state index contributed by atoms with van der Waals surface area (Å²) >= 11 is 0. The summed E-state index contributed by atoms with van der Waals surface area (Å²) in [5, 5.41) is 54.9. The summed E-state index contributed by atoms with van der Waals surface area (Å²) in [7, 11) is 0. The van der Waals surface area contributed by atoms with E-state index in [-0.39, 0.29) is 11.5 Å². The average molecular weight is 314 g/mol.